The monoisotopic (exact) mass is 372 g/mol. The van der Waals surface area contributed by atoms with Gasteiger partial charge in [0, 0.05) is 58.0 Å². The van der Waals surface area contributed by atoms with E-state index in [9.17, 15) is 4.79 Å². The highest BCUT2D eigenvalue weighted by Gasteiger charge is 2.23. The summed E-state index contributed by atoms with van der Waals surface area (Å²) in [5, 5.41) is 12.3. The standard InChI is InChI=1S/C19H28N6O2/c26-19(5-4-16-12-17-13-20-6-1-10-25(17)22-16)23-8-3-11-27-18(14-23)15-24-9-2-7-21-24/h2,7,9,12,18,20H,1,3-6,8,10-11,13-15H2. The van der Waals surface area contributed by atoms with Crippen molar-refractivity contribution in [1.82, 2.24) is 29.8 Å². The number of carbonyl (C=O) groups excluding carboxylic acids is 1. The first-order valence-electron chi connectivity index (χ1n) is 9.91. The van der Waals surface area contributed by atoms with E-state index in [-0.39, 0.29) is 12.0 Å². The molecular weight excluding hydrogens is 344 g/mol. The highest BCUT2D eigenvalue weighted by Crippen LogP contribution is 2.13. The van der Waals surface area contributed by atoms with Crippen LogP contribution in [0, 0.1) is 0 Å². The molecular formula is C19H28N6O2. The number of amides is 1. The van der Waals surface area contributed by atoms with Gasteiger partial charge in [0.1, 0.15) is 0 Å². The maximum absolute atomic E-state index is 12.8. The minimum atomic E-state index is -0.00825. The van der Waals surface area contributed by atoms with Gasteiger partial charge in [0.2, 0.25) is 5.91 Å². The first-order valence-corrected chi connectivity index (χ1v) is 9.91. The lowest BCUT2D eigenvalue weighted by atomic mass is 10.2. The largest absolute Gasteiger partial charge is 0.374 e. The quantitative estimate of drug-likeness (QED) is 0.841. The highest BCUT2D eigenvalue weighted by molar-refractivity contribution is 5.76. The molecule has 0 aromatic carbocycles. The second-order valence-corrected chi connectivity index (χ2v) is 7.29. The predicted octanol–water partition coefficient (Wildman–Crippen LogP) is 0.823. The summed E-state index contributed by atoms with van der Waals surface area (Å²) in [4.78, 5) is 14.7. The first kappa shape index (κ1) is 18.2. The summed E-state index contributed by atoms with van der Waals surface area (Å²) in [5.74, 6) is 0.187. The first-order chi connectivity index (χ1) is 13.3. The van der Waals surface area contributed by atoms with Gasteiger partial charge in [0.05, 0.1) is 24.0 Å². The molecule has 27 heavy (non-hydrogen) atoms. The lowest BCUT2D eigenvalue weighted by molar-refractivity contribution is -0.132. The van der Waals surface area contributed by atoms with Gasteiger partial charge >= 0.3 is 0 Å². The van der Waals surface area contributed by atoms with Crippen LogP contribution in [0.25, 0.3) is 0 Å². The minimum absolute atomic E-state index is 0.00825. The number of aromatic nitrogens is 4. The summed E-state index contributed by atoms with van der Waals surface area (Å²) in [6, 6.07) is 4.04. The fourth-order valence-corrected chi connectivity index (χ4v) is 3.79. The molecule has 1 saturated heterocycles. The van der Waals surface area contributed by atoms with Gasteiger partial charge in [-0.15, -0.1) is 0 Å². The number of hydrogen-bond donors (Lipinski definition) is 1. The van der Waals surface area contributed by atoms with Crippen LogP contribution in [0.1, 0.15) is 30.7 Å². The van der Waals surface area contributed by atoms with Gasteiger partial charge in [0.15, 0.2) is 0 Å². The molecule has 0 radical (unpaired) electrons. The van der Waals surface area contributed by atoms with Crippen molar-refractivity contribution in [3.63, 3.8) is 0 Å². The van der Waals surface area contributed by atoms with Gasteiger partial charge in [-0.2, -0.15) is 10.2 Å². The second kappa shape index (κ2) is 8.67. The number of ether oxygens (including phenoxy) is 1. The summed E-state index contributed by atoms with van der Waals surface area (Å²) in [6.45, 7) is 5.61. The van der Waals surface area contributed by atoms with Crippen molar-refractivity contribution >= 4 is 5.91 Å². The third-order valence-electron chi connectivity index (χ3n) is 5.19. The van der Waals surface area contributed by atoms with Gasteiger partial charge in [-0.3, -0.25) is 14.2 Å². The van der Waals surface area contributed by atoms with Crippen LogP contribution in [0.3, 0.4) is 0 Å². The molecule has 8 nitrogen and oxygen atoms in total. The molecule has 1 atom stereocenters. The topological polar surface area (TPSA) is 77.2 Å². The van der Waals surface area contributed by atoms with Crippen LogP contribution < -0.4 is 5.32 Å². The average Bonchev–Trinajstić information content (AvgIpc) is 3.18. The fourth-order valence-electron chi connectivity index (χ4n) is 3.79. The molecule has 2 aliphatic rings. The smallest absolute Gasteiger partial charge is 0.223 e. The lowest BCUT2D eigenvalue weighted by Crippen LogP contribution is -2.38. The van der Waals surface area contributed by atoms with E-state index in [0.717, 1.165) is 44.7 Å². The zero-order valence-electron chi connectivity index (χ0n) is 15.7. The average molecular weight is 372 g/mol. The van der Waals surface area contributed by atoms with Gasteiger partial charge in [-0.1, -0.05) is 0 Å². The molecule has 0 aliphatic carbocycles. The van der Waals surface area contributed by atoms with Gasteiger partial charge in [-0.25, -0.2) is 0 Å². The predicted molar refractivity (Wildman–Crippen MR) is 100 cm³/mol. The Hall–Kier alpha value is -2.19. The van der Waals surface area contributed by atoms with E-state index in [4.69, 9.17) is 4.74 Å². The zero-order valence-corrected chi connectivity index (χ0v) is 15.7. The third kappa shape index (κ3) is 4.75. The molecule has 4 rings (SSSR count). The Morgan fingerprint density at radius 3 is 3.19 bits per heavy atom. The van der Waals surface area contributed by atoms with Crippen molar-refractivity contribution in [2.45, 2.75) is 51.4 Å². The van der Waals surface area contributed by atoms with Crippen molar-refractivity contribution in [2.24, 2.45) is 0 Å². The molecule has 1 N–H and O–H groups in total. The Morgan fingerprint density at radius 2 is 2.30 bits per heavy atom. The summed E-state index contributed by atoms with van der Waals surface area (Å²) >= 11 is 0. The van der Waals surface area contributed by atoms with Crippen molar-refractivity contribution in [2.75, 3.05) is 26.2 Å². The molecule has 2 aromatic heterocycles. The number of rotatable bonds is 5. The lowest BCUT2D eigenvalue weighted by Gasteiger charge is -2.24. The van der Waals surface area contributed by atoms with Gasteiger partial charge in [0.25, 0.3) is 0 Å². The molecule has 1 amide bonds. The normalized spacial score (nSPS) is 20.7. The fraction of sp³-hybridized carbons (Fsp3) is 0.632. The van der Waals surface area contributed by atoms with Crippen LogP contribution >= 0.6 is 0 Å². The maximum Gasteiger partial charge on any atom is 0.223 e. The molecule has 1 fully saturated rings. The van der Waals surface area contributed by atoms with E-state index in [2.05, 4.69) is 26.3 Å². The van der Waals surface area contributed by atoms with E-state index >= 15 is 0 Å². The molecule has 0 saturated carbocycles. The molecule has 8 heteroatoms. The Kier molecular flexibility index (Phi) is 5.84. The van der Waals surface area contributed by atoms with E-state index in [1.807, 2.05) is 21.8 Å². The molecule has 1 unspecified atom stereocenters. The van der Waals surface area contributed by atoms with Crippen molar-refractivity contribution < 1.29 is 9.53 Å². The van der Waals surface area contributed by atoms with Crippen LogP contribution in [0.4, 0.5) is 0 Å². The number of fused-ring (bicyclic) bond motifs is 1. The molecule has 2 aliphatic heterocycles. The highest BCUT2D eigenvalue weighted by atomic mass is 16.5. The second-order valence-electron chi connectivity index (χ2n) is 7.29. The van der Waals surface area contributed by atoms with E-state index in [1.54, 1.807) is 6.20 Å². The van der Waals surface area contributed by atoms with Crippen LogP contribution in [0.15, 0.2) is 24.5 Å². The van der Waals surface area contributed by atoms with E-state index in [1.165, 1.54) is 5.69 Å². The van der Waals surface area contributed by atoms with Gasteiger partial charge < -0.3 is 15.0 Å². The van der Waals surface area contributed by atoms with Crippen LogP contribution in [-0.2, 0) is 35.6 Å². The number of hydrogen-bond acceptors (Lipinski definition) is 5. The summed E-state index contributed by atoms with van der Waals surface area (Å²) < 4.78 is 9.86. The minimum Gasteiger partial charge on any atom is -0.374 e. The van der Waals surface area contributed by atoms with Crippen LogP contribution in [-0.4, -0.2) is 62.7 Å². The van der Waals surface area contributed by atoms with E-state index in [0.29, 0.717) is 32.5 Å². The van der Waals surface area contributed by atoms with Crippen molar-refractivity contribution in [3.8, 4) is 0 Å². The molecule has 146 valence electrons. The SMILES string of the molecule is O=C(CCc1cc2n(n1)CCCNC2)N1CCCOC(Cn2cccn2)C1. The summed E-state index contributed by atoms with van der Waals surface area (Å²) in [7, 11) is 0. The number of aryl methyl sites for hydroxylation is 2. The number of nitrogens with one attached hydrogen (secondary N) is 1. The number of nitrogens with zero attached hydrogens (tertiary/aromatic N) is 5. The Morgan fingerprint density at radius 1 is 1.33 bits per heavy atom. The Balaban J connectivity index is 1.31. The van der Waals surface area contributed by atoms with Crippen LogP contribution in [0.5, 0.6) is 0 Å². The Labute approximate surface area is 159 Å². The zero-order chi connectivity index (χ0) is 18.5. The molecule has 4 heterocycles. The van der Waals surface area contributed by atoms with Crippen LogP contribution in [0.2, 0.25) is 0 Å². The molecule has 2 aromatic rings. The summed E-state index contributed by atoms with van der Waals surface area (Å²) in [6.07, 6.45) is 6.86. The maximum atomic E-state index is 12.8. The summed E-state index contributed by atoms with van der Waals surface area (Å²) in [5.41, 5.74) is 2.23. The van der Waals surface area contributed by atoms with Crippen molar-refractivity contribution in [3.05, 3.63) is 35.9 Å². The number of carbonyl (C=O) groups is 1. The van der Waals surface area contributed by atoms with E-state index < -0.39 is 0 Å². The Bertz CT molecular complexity index is 718. The van der Waals surface area contributed by atoms with Crippen molar-refractivity contribution in [1.29, 1.82) is 0 Å². The third-order valence-corrected chi connectivity index (χ3v) is 5.19. The van der Waals surface area contributed by atoms with Gasteiger partial charge in [-0.05, 0) is 31.5 Å². The molecule has 0 spiro atoms. The molecule has 0 bridgehead atoms.